The predicted octanol–water partition coefficient (Wildman–Crippen LogP) is 6.57. The zero-order valence-electron chi connectivity index (χ0n) is 20.6. The highest BCUT2D eigenvalue weighted by Gasteiger charge is 2.20. The first-order valence-electron chi connectivity index (χ1n) is 12.1. The lowest BCUT2D eigenvalue weighted by molar-refractivity contribution is 0.101. The monoisotopic (exact) mass is 535 g/mol. The number of ketones is 1. The average molecular weight is 536 g/mol. The van der Waals surface area contributed by atoms with Crippen LogP contribution in [-0.2, 0) is 0 Å². The molecule has 3 N–H and O–H groups in total. The summed E-state index contributed by atoms with van der Waals surface area (Å²) in [7, 11) is 1.98. The first-order valence-corrected chi connectivity index (χ1v) is 12.5. The van der Waals surface area contributed by atoms with E-state index in [1.807, 2.05) is 25.2 Å². The van der Waals surface area contributed by atoms with Crippen molar-refractivity contribution in [1.29, 1.82) is 0 Å². The number of fused-ring (bicyclic) bond motifs is 1. The zero-order chi connectivity index (χ0) is 26.1. The molecule has 198 valence electrons. The maximum Gasteiger partial charge on any atom is 0.170 e. The standard InChI is InChI=1S/C28H27ClFN5O2.CH4/c1-16(36)22-14-32-25-7-5-17(18-11-23(29)28(37)24(30)12-18)10-21(25)27(22)34-19-6-8-26(33-13-19)35-9-3-4-20(15-35)31-2;/h5-8,10-14,20,31,37H,3-4,9,15H2,1-2H3,(H,32,34);1H4. The van der Waals surface area contributed by atoms with Gasteiger partial charge in [0.1, 0.15) is 5.82 Å². The molecule has 3 heterocycles. The SMILES string of the molecule is C.CNC1CCCN(c2ccc(Nc3c(C(C)=O)cnc4ccc(-c5cc(F)c(O)c(Cl)c5)cc34)cn2)C1. The van der Waals surface area contributed by atoms with Crippen LogP contribution in [0.1, 0.15) is 37.6 Å². The molecule has 1 aliphatic rings. The van der Waals surface area contributed by atoms with Gasteiger partial charge in [0.15, 0.2) is 17.3 Å². The number of hydrogen-bond acceptors (Lipinski definition) is 7. The first kappa shape index (κ1) is 27.3. The molecule has 0 amide bonds. The third-order valence-corrected chi connectivity index (χ3v) is 7.06. The Balaban J connectivity index is 0.00000336. The Morgan fingerprint density at radius 3 is 2.63 bits per heavy atom. The number of halogens is 2. The normalized spacial score (nSPS) is 15.3. The number of carbonyl (C=O) groups is 1. The zero-order valence-corrected chi connectivity index (χ0v) is 21.3. The van der Waals surface area contributed by atoms with Crippen molar-refractivity contribution in [2.24, 2.45) is 0 Å². The van der Waals surface area contributed by atoms with Gasteiger partial charge in [0.2, 0.25) is 0 Å². The third kappa shape index (κ3) is 5.42. The maximum atomic E-state index is 14.2. The number of benzene rings is 2. The van der Waals surface area contributed by atoms with E-state index in [9.17, 15) is 14.3 Å². The van der Waals surface area contributed by atoms with E-state index in [1.54, 1.807) is 24.5 Å². The van der Waals surface area contributed by atoms with Gasteiger partial charge in [0, 0.05) is 30.7 Å². The first-order chi connectivity index (χ1) is 17.8. The molecule has 0 aliphatic carbocycles. The highest BCUT2D eigenvalue weighted by atomic mass is 35.5. The van der Waals surface area contributed by atoms with Crippen molar-refractivity contribution in [3.8, 4) is 16.9 Å². The molecule has 4 aromatic rings. The van der Waals surface area contributed by atoms with Crippen LogP contribution in [0.15, 0.2) is 54.9 Å². The van der Waals surface area contributed by atoms with Crippen LogP contribution in [0.2, 0.25) is 5.02 Å². The van der Waals surface area contributed by atoms with Gasteiger partial charge in [-0.05, 0) is 74.3 Å². The van der Waals surface area contributed by atoms with Gasteiger partial charge in [-0.25, -0.2) is 9.37 Å². The Kier molecular flexibility index (Phi) is 8.14. The van der Waals surface area contributed by atoms with Gasteiger partial charge >= 0.3 is 0 Å². The van der Waals surface area contributed by atoms with Gasteiger partial charge in [-0.1, -0.05) is 25.1 Å². The minimum absolute atomic E-state index is 0. The predicted molar refractivity (Wildman–Crippen MR) is 152 cm³/mol. The van der Waals surface area contributed by atoms with E-state index in [0.717, 1.165) is 37.4 Å². The van der Waals surface area contributed by atoms with E-state index in [2.05, 4.69) is 25.5 Å². The quantitative estimate of drug-likeness (QED) is 0.241. The van der Waals surface area contributed by atoms with Crippen LogP contribution in [0, 0.1) is 5.82 Å². The van der Waals surface area contributed by atoms with Crippen LogP contribution in [0.4, 0.5) is 21.6 Å². The van der Waals surface area contributed by atoms with Crippen LogP contribution >= 0.6 is 11.6 Å². The Morgan fingerprint density at radius 1 is 1.13 bits per heavy atom. The second kappa shape index (κ2) is 11.3. The summed E-state index contributed by atoms with van der Waals surface area (Å²) in [5.41, 5.74) is 3.57. The third-order valence-electron chi connectivity index (χ3n) is 6.77. The number of hydrogen-bond donors (Lipinski definition) is 3. The van der Waals surface area contributed by atoms with Crippen molar-refractivity contribution >= 4 is 45.5 Å². The number of piperidine rings is 1. The lowest BCUT2D eigenvalue weighted by Gasteiger charge is -2.33. The van der Waals surface area contributed by atoms with Crippen molar-refractivity contribution in [3.63, 3.8) is 0 Å². The molecule has 1 saturated heterocycles. The number of carbonyl (C=O) groups excluding carboxylic acids is 1. The molecule has 0 radical (unpaired) electrons. The number of Topliss-reactive ketones (excluding diaryl/α,β-unsaturated/α-hetero) is 1. The van der Waals surface area contributed by atoms with E-state index >= 15 is 0 Å². The second-order valence-corrected chi connectivity index (χ2v) is 9.63. The molecular formula is C29H31ClFN5O2. The summed E-state index contributed by atoms with van der Waals surface area (Å²) in [6.07, 6.45) is 5.57. The van der Waals surface area contributed by atoms with Crippen molar-refractivity contribution in [3.05, 3.63) is 71.3 Å². The molecule has 0 saturated carbocycles. The maximum absolute atomic E-state index is 14.2. The van der Waals surface area contributed by atoms with Crippen molar-refractivity contribution in [1.82, 2.24) is 15.3 Å². The Hall–Kier alpha value is -3.75. The molecule has 2 aromatic carbocycles. The Bertz CT molecular complexity index is 1460. The molecule has 1 fully saturated rings. The fourth-order valence-electron chi connectivity index (χ4n) is 4.72. The van der Waals surface area contributed by atoms with Crippen LogP contribution < -0.4 is 15.5 Å². The van der Waals surface area contributed by atoms with Gasteiger partial charge in [-0.3, -0.25) is 9.78 Å². The summed E-state index contributed by atoms with van der Waals surface area (Å²) in [6, 6.07) is 12.5. The van der Waals surface area contributed by atoms with Crippen molar-refractivity contribution in [2.45, 2.75) is 33.2 Å². The molecule has 1 atom stereocenters. The average Bonchev–Trinajstić information content (AvgIpc) is 2.91. The van der Waals surface area contributed by atoms with Crippen molar-refractivity contribution < 1.29 is 14.3 Å². The second-order valence-electron chi connectivity index (χ2n) is 9.23. The van der Waals surface area contributed by atoms with E-state index in [4.69, 9.17) is 11.6 Å². The minimum Gasteiger partial charge on any atom is -0.504 e. The number of aromatic nitrogens is 2. The van der Waals surface area contributed by atoms with Gasteiger partial charge in [-0.2, -0.15) is 0 Å². The summed E-state index contributed by atoms with van der Waals surface area (Å²) in [5, 5.41) is 17.0. The van der Waals surface area contributed by atoms with Gasteiger partial charge < -0.3 is 20.6 Å². The van der Waals surface area contributed by atoms with Crippen LogP contribution in [0.25, 0.3) is 22.0 Å². The molecule has 1 aliphatic heterocycles. The summed E-state index contributed by atoms with van der Waals surface area (Å²) < 4.78 is 14.2. The van der Waals surface area contributed by atoms with Crippen LogP contribution in [0.3, 0.4) is 0 Å². The molecule has 0 spiro atoms. The van der Waals surface area contributed by atoms with Crippen LogP contribution in [-0.4, -0.2) is 47.0 Å². The number of nitrogens with one attached hydrogen (secondary N) is 2. The summed E-state index contributed by atoms with van der Waals surface area (Å²) in [5.74, 6) is -0.629. The Labute approximate surface area is 226 Å². The number of likely N-dealkylation sites (N-methyl/N-ethyl adjacent to an activating group) is 1. The molecule has 2 aromatic heterocycles. The molecule has 7 nitrogen and oxygen atoms in total. The largest absolute Gasteiger partial charge is 0.504 e. The van der Waals surface area contributed by atoms with E-state index < -0.39 is 11.6 Å². The lowest BCUT2D eigenvalue weighted by atomic mass is 10.00. The topological polar surface area (TPSA) is 90.4 Å². The molecule has 5 rings (SSSR count). The van der Waals surface area contributed by atoms with Gasteiger partial charge in [0.25, 0.3) is 0 Å². The van der Waals surface area contributed by atoms with Crippen molar-refractivity contribution in [2.75, 3.05) is 30.4 Å². The highest BCUT2D eigenvalue weighted by Crippen LogP contribution is 2.36. The Morgan fingerprint density at radius 2 is 1.95 bits per heavy atom. The van der Waals surface area contributed by atoms with E-state index in [0.29, 0.717) is 39.3 Å². The smallest absolute Gasteiger partial charge is 0.170 e. The van der Waals surface area contributed by atoms with Gasteiger partial charge in [0.05, 0.1) is 33.7 Å². The number of pyridine rings is 2. The highest BCUT2D eigenvalue weighted by molar-refractivity contribution is 6.32. The van der Waals surface area contributed by atoms with Gasteiger partial charge in [-0.15, -0.1) is 0 Å². The number of phenolic OH excluding ortho intramolecular Hbond substituents is 1. The number of rotatable bonds is 6. The van der Waals surface area contributed by atoms with Crippen LogP contribution in [0.5, 0.6) is 5.75 Å². The summed E-state index contributed by atoms with van der Waals surface area (Å²) in [6.45, 7) is 3.36. The number of aromatic hydroxyl groups is 1. The molecule has 0 bridgehead atoms. The summed E-state index contributed by atoms with van der Waals surface area (Å²) >= 11 is 6.00. The summed E-state index contributed by atoms with van der Waals surface area (Å²) in [4.78, 5) is 23.9. The number of anilines is 3. The fraction of sp³-hybridized carbons (Fsp3) is 0.276. The molecular weight excluding hydrogens is 505 g/mol. The number of nitrogens with zero attached hydrogens (tertiary/aromatic N) is 3. The fourth-order valence-corrected chi connectivity index (χ4v) is 4.93. The molecule has 1 unspecified atom stereocenters. The van der Waals surface area contributed by atoms with E-state index in [1.165, 1.54) is 19.1 Å². The lowest BCUT2D eigenvalue weighted by Crippen LogP contribution is -2.44. The molecule has 38 heavy (non-hydrogen) atoms. The number of phenols is 1. The molecule has 9 heteroatoms. The van der Waals surface area contributed by atoms with E-state index in [-0.39, 0.29) is 18.2 Å². The minimum atomic E-state index is -0.808.